The zero-order chi connectivity index (χ0) is 11.8. The van der Waals surface area contributed by atoms with Crippen LogP contribution in [0.1, 0.15) is 37.6 Å². The molecule has 16 heavy (non-hydrogen) atoms. The van der Waals surface area contributed by atoms with Crippen LogP contribution in [0.5, 0.6) is 11.5 Å². The maximum absolute atomic E-state index is 5.97. The molecule has 0 aromatic heterocycles. The summed E-state index contributed by atoms with van der Waals surface area (Å²) in [6.45, 7) is 6.88. The molecular weight excluding hydrogens is 268 g/mol. The van der Waals surface area contributed by atoms with E-state index in [-0.39, 0.29) is 5.60 Å². The van der Waals surface area contributed by atoms with Crippen LogP contribution in [-0.4, -0.2) is 12.2 Å². The van der Waals surface area contributed by atoms with Gasteiger partial charge in [-0.3, -0.25) is 0 Å². The number of benzene rings is 1. The van der Waals surface area contributed by atoms with Crippen molar-refractivity contribution in [3.05, 3.63) is 23.8 Å². The summed E-state index contributed by atoms with van der Waals surface area (Å²) in [6, 6.07) is 6.06. The molecule has 1 aliphatic heterocycles. The van der Waals surface area contributed by atoms with Crippen molar-refractivity contribution in [2.45, 2.75) is 37.6 Å². The third kappa shape index (κ3) is 2.34. The Hall–Kier alpha value is -0.700. The van der Waals surface area contributed by atoms with E-state index in [4.69, 9.17) is 9.47 Å². The monoisotopic (exact) mass is 284 g/mol. The van der Waals surface area contributed by atoms with E-state index < -0.39 is 0 Å². The normalized spacial score (nSPS) is 22.1. The topological polar surface area (TPSA) is 18.5 Å². The molecule has 0 saturated carbocycles. The summed E-state index contributed by atoms with van der Waals surface area (Å²) < 4.78 is 11.4. The summed E-state index contributed by atoms with van der Waals surface area (Å²) in [6.07, 6.45) is 0.980. The Balaban J connectivity index is 2.34. The highest BCUT2D eigenvalue weighted by Gasteiger charge is 2.32. The SMILES string of the molecule is CCOc1ccc2c(c1)OC(C)(C)CC2Br. The molecule has 0 aliphatic carbocycles. The minimum Gasteiger partial charge on any atom is -0.494 e. The first-order valence-corrected chi connectivity index (χ1v) is 6.53. The summed E-state index contributed by atoms with van der Waals surface area (Å²) >= 11 is 3.71. The molecule has 0 radical (unpaired) electrons. The van der Waals surface area contributed by atoms with Gasteiger partial charge in [-0.25, -0.2) is 0 Å². The fourth-order valence-electron chi connectivity index (χ4n) is 2.00. The molecule has 0 amide bonds. The molecule has 0 spiro atoms. The summed E-state index contributed by atoms with van der Waals surface area (Å²) in [7, 11) is 0. The Morgan fingerprint density at radius 2 is 2.25 bits per heavy atom. The van der Waals surface area contributed by atoms with Crippen molar-refractivity contribution in [2.75, 3.05) is 6.61 Å². The van der Waals surface area contributed by atoms with Crippen molar-refractivity contribution >= 4 is 15.9 Å². The second-order valence-corrected chi connectivity index (χ2v) is 5.77. The van der Waals surface area contributed by atoms with E-state index in [0.29, 0.717) is 11.4 Å². The van der Waals surface area contributed by atoms with Gasteiger partial charge < -0.3 is 9.47 Å². The summed E-state index contributed by atoms with van der Waals surface area (Å²) in [4.78, 5) is 0.363. The summed E-state index contributed by atoms with van der Waals surface area (Å²) in [5.41, 5.74) is 1.09. The fourth-order valence-corrected chi connectivity index (χ4v) is 3.16. The van der Waals surface area contributed by atoms with Gasteiger partial charge in [0.2, 0.25) is 0 Å². The van der Waals surface area contributed by atoms with E-state index in [2.05, 4.69) is 35.8 Å². The number of ether oxygens (including phenoxy) is 2. The van der Waals surface area contributed by atoms with Gasteiger partial charge in [-0.15, -0.1) is 0 Å². The number of hydrogen-bond donors (Lipinski definition) is 0. The molecule has 1 aromatic rings. The lowest BCUT2D eigenvalue weighted by molar-refractivity contribution is 0.0838. The molecule has 1 heterocycles. The Morgan fingerprint density at radius 1 is 1.50 bits per heavy atom. The second kappa shape index (κ2) is 4.28. The first-order chi connectivity index (χ1) is 7.52. The smallest absolute Gasteiger partial charge is 0.128 e. The van der Waals surface area contributed by atoms with Crippen LogP contribution in [0.2, 0.25) is 0 Å². The first-order valence-electron chi connectivity index (χ1n) is 5.61. The van der Waals surface area contributed by atoms with Crippen LogP contribution in [0.3, 0.4) is 0 Å². The largest absolute Gasteiger partial charge is 0.494 e. The third-order valence-electron chi connectivity index (χ3n) is 2.69. The lowest BCUT2D eigenvalue weighted by Crippen LogP contribution is -2.33. The van der Waals surface area contributed by atoms with Crippen LogP contribution in [0.15, 0.2) is 18.2 Å². The van der Waals surface area contributed by atoms with Gasteiger partial charge in [0, 0.05) is 22.9 Å². The van der Waals surface area contributed by atoms with Gasteiger partial charge in [0.25, 0.3) is 0 Å². The van der Waals surface area contributed by atoms with E-state index in [0.717, 1.165) is 17.9 Å². The van der Waals surface area contributed by atoms with Gasteiger partial charge >= 0.3 is 0 Å². The maximum Gasteiger partial charge on any atom is 0.128 e. The van der Waals surface area contributed by atoms with Gasteiger partial charge in [0.15, 0.2) is 0 Å². The lowest BCUT2D eigenvalue weighted by Gasteiger charge is -2.35. The van der Waals surface area contributed by atoms with E-state index in [1.807, 2.05) is 19.1 Å². The lowest BCUT2D eigenvalue weighted by atomic mass is 9.94. The van der Waals surface area contributed by atoms with Crippen LogP contribution in [0.4, 0.5) is 0 Å². The van der Waals surface area contributed by atoms with Crippen molar-refractivity contribution in [1.82, 2.24) is 0 Å². The first kappa shape index (κ1) is 11.8. The molecule has 0 N–H and O–H groups in total. The van der Waals surface area contributed by atoms with E-state index >= 15 is 0 Å². The van der Waals surface area contributed by atoms with Crippen molar-refractivity contribution in [2.24, 2.45) is 0 Å². The van der Waals surface area contributed by atoms with Gasteiger partial charge in [0.05, 0.1) is 6.61 Å². The summed E-state index contributed by atoms with van der Waals surface area (Å²) in [5, 5.41) is 0. The number of halogens is 1. The molecule has 2 rings (SSSR count). The zero-order valence-corrected chi connectivity index (χ0v) is 11.5. The molecule has 0 bridgehead atoms. The average Bonchev–Trinajstić information content (AvgIpc) is 2.15. The van der Waals surface area contributed by atoms with Crippen LogP contribution in [-0.2, 0) is 0 Å². The predicted molar refractivity (Wildman–Crippen MR) is 68.6 cm³/mol. The highest BCUT2D eigenvalue weighted by Crippen LogP contribution is 2.45. The zero-order valence-electron chi connectivity index (χ0n) is 9.92. The van der Waals surface area contributed by atoms with E-state index in [1.165, 1.54) is 5.56 Å². The quantitative estimate of drug-likeness (QED) is 0.762. The standard InChI is InChI=1S/C13H17BrO2/c1-4-15-9-5-6-10-11(14)8-13(2,3)16-12(10)7-9/h5-7,11H,4,8H2,1-3H3. The van der Waals surface area contributed by atoms with Crippen molar-refractivity contribution in [3.63, 3.8) is 0 Å². The molecule has 1 aliphatic rings. The Morgan fingerprint density at radius 3 is 2.94 bits per heavy atom. The molecule has 1 atom stereocenters. The van der Waals surface area contributed by atoms with Crippen molar-refractivity contribution in [1.29, 1.82) is 0 Å². The van der Waals surface area contributed by atoms with E-state index in [9.17, 15) is 0 Å². The minimum absolute atomic E-state index is 0.119. The Bertz CT molecular complexity index is 388. The third-order valence-corrected chi connectivity index (χ3v) is 3.51. The van der Waals surface area contributed by atoms with Crippen LogP contribution >= 0.6 is 15.9 Å². The van der Waals surface area contributed by atoms with Gasteiger partial charge in [-0.05, 0) is 26.8 Å². The van der Waals surface area contributed by atoms with Crippen LogP contribution in [0, 0.1) is 0 Å². The minimum atomic E-state index is -0.119. The molecule has 1 unspecified atom stereocenters. The predicted octanol–water partition coefficient (Wildman–Crippen LogP) is 4.08. The van der Waals surface area contributed by atoms with Crippen molar-refractivity contribution < 1.29 is 9.47 Å². The number of fused-ring (bicyclic) bond motifs is 1. The molecule has 1 aromatic carbocycles. The van der Waals surface area contributed by atoms with Crippen LogP contribution in [0.25, 0.3) is 0 Å². The number of rotatable bonds is 2. The molecule has 88 valence electrons. The fraction of sp³-hybridized carbons (Fsp3) is 0.538. The Labute approximate surface area is 105 Å². The van der Waals surface area contributed by atoms with E-state index in [1.54, 1.807) is 0 Å². The average molecular weight is 285 g/mol. The molecule has 0 fully saturated rings. The number of alkyl halides is 1. The molecule has 2 nitrogen and oxygen atoms in total. The van der Waals surface area contributed by atoms with Crippen molar-refractivity contribution in [3.8, 4) is 11.5 Å². The Kier molecular flexibility index (Phi) is 3.15. The summed E-state index contributed by atoms with van der Waals surface area (Å²) in [5.74, 6) is 1.81. The van der Waals surface area contributed by atoms with Crippen LogP contribution < -0.4 is 9.47 Å². The second-order valence-electron chi connectivity index (χ2n) is 4.67. The van der Waals surface area contributed by atoms with Gasteiger partial charge in [0.1, 0.15) is 17.1 Å². The highest BCUT2D eigenvalue weighted by atomic mass is 79.9. The molecular formula is C13H17BrO2. The molecule has 0 saturated heterocycles. The number of hydrogen-bond acceptors (Lipinski definition) is 2. The molecule has 3 heteroatoms. The van der Waals surface area contributed by atoms with Gasteiger partial charge in [-0.2, -0.15) is 0 Å². The highest BCUT2D eigenvalue weighted by molar-refractivity contribution is 9.09. The van der Waals surface area contributed by atoms with Gasteiger partial charge in [-0.1, -0.05) is 22.0 Å². The maximum atomic E-state index is 5.97.